The Morgan fingerprint density at radius 1 is 1.50 bits per heavy atom. The lowest BCUT2D eigenvalue weighted by molar-refractivity contribution is 0.0942. The molecule has 0 aromatic carbocycles. The highest BCUT2D eigenvalue weighted by molar-refractivity contribution is 5.92. The Hall–Kier alpha value is -1.43. The zero-order valence-electron chi connectivity index (χ0n) is 10.7. The van der Waals surface area contributed by atoms with Crippen molar-refractivity contribution in [1.29, 1.82) is 0 Å². The molecule has 1 atom stereocenters. The number of aromatic nitrogens is 3. The lowest BCUT2D eigenvalue weighted by Crippen LogP contribution is -2.25. The van der Waals surface area contributed by atoms with Crippen LogP contribution in [0.15, 0.2) is 0 Å². The molecule has 1 fully saturated rings. The van der Waals surface area contributed by atoms with Crippen LogP contribution in [-0.2, 0) is 4.74 Å². The molecule has 100 valence electrons. The van der Waals surface area contributed by atoms with Gasteiger partial charge in [-0.3, -0.25) is 4.79 Å². The predicted octanol–water partition coefficient (Wildman–Crippen LogP) is 1.19. The van der Waals surface area contributed by atoms with Gasteiger partial charge in [0.15, 0.2) is 5.69 Å². The van der Waals surface area contributed by atoms with Gasteiger partial charge in [0, 0.05) is 13.2 Å². The second-order valence-electron chi connectivity index (χ2n) is 4.64. The van der Waals surface area contributed by atoms with Gasteiger partial charge in [-0.15, -0.1) is 0 Å². The SMILES string of the molecule is Cc1n[nH]nc1C(=O)NCCCCC1CCCO1. The molecule has 2 N–H and O–H groups in total. The highest BCUT2D eigenvalue weighted by Crippen LogP contribution is 2.17. The molecular formula is C12H20N4O2. The average Bonchev–Trinajstić information content (AvgIpc) is 2.99. The number of hydrogen-bond acceptors (Lipinski definition) is 4. The Balaban J connectivity index is 1.58. The molecule has 1 amide bonds. The van der Waals surface area contributed by atoms with Gasteiger partial charge < -0.3 is 10.1 Å². The van der Waals surface area contributed by atoms with E-state index in [-0.39, 0.29) is 5.91 Å². The average molecular weight is 252 g/mol. The van der Waals surface area contributed by atoms with Gasteiger partial charge in [0.25, 0.3) is 5.91 Å². The van der Waals surface area contributed by atoms with Crippen molar-refractivity contribution >= 4 is 5.91 Å². The molecule has 0 radical (unpaired) electrons. The van der Waals surface area contributed by atoms with Crippen LogP contribution in [0, 0.1) is 6.92 Å². The van der Waals surface area contributed by atoms with Crippen molar-refractivity contribution in [3.63, 3.8) is 0 Å². The Bertz CT molecular complexity index is 385. The third-order valence-corrected chi connectivity index (χ3v) is 3.20. The minimum atomic E-state index is -0.154. The van der Waals surface area contributed by atoms with Crippen molar-refractivity contribution < 1.29 is 9.53 Å². The minimum absolute atomic E-state index is 0.154. The third-order valence-electron chi connectivity index (χ3n) is 3.20. The summed E-state index contributed by atoms with van der Waals surface area (Å²) < 4.78 is 5.55. The zero-order valence-corrected chi connectivity index (χ0v) is 10.7. The summed E-state index contributed by atoms with van der Waals surface area (Å²) in [5.74, 6) is -0.154. The molecule has 18 heavy (non-hydrogen) atoms. The van der Waals surface area contributed by atoms with Gasteiger partial charge in [0.2, 0.25) is 0 Å². The first-order valence-corrected chi connectivity index (χ1v) is 6.54. The number of aromatic amines is 1. The van der Waals surface area contributed by atoms with E-state index in [2.05, 4.69) is 20.7 Å². The number of amides is 1. The molecule has 0 saturated carbocycles. The molecule has 6 heteroatoms. The molecule has 2 heterocycles. The summed E-state index contributed by atoms with van der Waals surface area (Å²) >= 11 is 0. The van der Waals surface area contributed by atoms with E-state index in [9.17, 15) is 4.79 Å². The Morgan fingerprint density at radius 2 is 2.39 bits per heavy atom. The summed E-state index contributed by atoms with van der Waals surface area (Å²) in [4.78, 5) is 11.7. The zero-order chi connectivity index (χ0) is 12.8. The summed E-state index contributed by atoms with van der Waals surface area (Å²) in [6.07, 6.45) is 5.97. The van der Waals surface area contributed by atoms with Crippen molar-refractivity contribution in [2.45, 2.75) is 45.1 Å². The Labute approximate surface area is 106 Å². The first-order valence-electron chi connectivity index (χ1n) is 6.54. The van der Waals surface area contributed by atoms with Crippen LogP contribution in [0.4, 0.5) is 0 Å². The fraction of sp³-hybridized carbons (Fsp3) is 0.750. The van der Waals surface area contributed by atoms with Gasteiger partial charge in [-0.1, -0.05) is 0 Å². The second kappa shape index (κ2) is 6.49. The lowest BCUT2D eigenvalue weighted by Gasteiger charge is -2.08. The number of carbonyl (C=O) groups excluding carboxylic acids is 1. The normalized spacial score (nSPS) is 19.1. The molecule has 0 bridgehead atoms. The van der Waals surface area contributed by atoms with Crippen molar-refractivity contribution in [3.8, 4) is 0 Å². The van der Waals surface area contributed by atoms with Crippen molar-refractivity contribution in [3.05, 3.63) is 11.4 Å². The summed E-state index contributed by atoms with van der Waals surface area (Å²) in [6.45, 7) is 3.35. The molecule has 6 nitrogen and oxygen atoms in total. The van der Waals surface area contributed by atoms with E-state index in [1.165, 1.54) is 12.8 Å². The van der Waals surface area contributed by atoms with E-state index < -0.39 is 0 Å². The first-order chi connectivity index (χ1) is 8.77. The number of rotatable bonds is 6. The van der Waals surface area contributed by atoms with Gasteiger partial charge in [-0.05, 0) is 39.0 Å². The maximum atomic E-state index is 11.7. The van der Waals surface area contributed by atoms with Crippen LogP contribution in [0.3, 0.4) is 0 Å². The van der Waals surface area contributed by atoms with E-state index in [0.717, 1.165) is 25.9 Å². The van der Waals surface area contributed by atoms with Crippen LogP contribution < -0.4 is 5.32 Å². The second-order valence-corrected chi connectivity index (χ2v) is 4.64. The van der Waals surface area contributed by atoms with E-state index in [1.807, 2.05) is 0 Å². The van der Waals surface area contributed by atoms with Crippen LogP contribution in [0.1, 0.15) is 48.3 Å². The quantitative estimate of drug-likeness (QED) is 0.745. The number of nitrogens with zero attached hydrogens (tertiary/aromatic N) is 2. The number of ether oxygens (including phenoxy) is 1. The molecule has 0 spiro atoms. The standard InChI is InChI=1S/C12H20N4O2/c1-9-11(15-16-14-9)12(17)13-7-3-2-5-10-6-4-8-18-10/h10H,2-8H2,1H3,(H,13,17)(H,14,15,16). The summed E-state index contributed by atoms with van der Waals surface area (Å²) in [5.41, 5.74) is 1.01. The van der Waals surface area contributed by atoms with Gasteiger partial charge in [0.1, 0.15) is 0 Å². The highest BCUT2D eigenvalue weighted by Gasteiger charge is 2.15. The van der Waals surface area contributed by atoms with Crippen LogP contribution in [0.25, 0.3) is 0 Å². The third kappa shape index (κ3) is 3.53. The highest BCUT2D eigenvalue weighted by atomic mass is 16.5. The molecule has 1 aliphatic heterocycles. The number of unbranched alkanes of at least 4 members (excludes halogenated alkanes) is 1. The molecule has 1 unspecified atom stereocenters. The fourth-order valence-electron chi connectivity index (χ4n) is 2.15. The Morgan fingerprint density at radius 3 is 3.06 bits per heavy atom. The van der Waals surface area contributed by atoms with Crippen molar-refractivity contribution in [2.75, 3.05) is 13.2 Å². The van der Waals surface area contributed by atoms with Crippen LogP contribution in [0.5, 0.6) is 0 Å². The monoisotopic (exact) mass is 252 g/mol. The van der Waals surface area contributed by atoms with Crippen LogP contribution in [-0.4, -0.2) is 40.6 Å². The van der Waals surface area contributed by atoms with Gasteiger partial charge in [0.05, 0.1) is 11.8 Å². The summed E-state index contributed by atoms with van der Waals surface area (Å²) in [7, 11) is 0. The van der Waals surface area contributed by atoms with Gasteiger partial charge in [-0.2, -0.15) is 15.4 Å². The maximum absolute atomic E-state index is 11.7. The van der Waals surface area contributed by atoms with Gasteiger partial charge in [-0.25, -0.2) is 0 Å². The number of carbonyl (C=O) groups is 1. The number of nitrogens with one attached hydrogen (secondary N) is 2. The van der Waals surface area contributed by atoms with Crippen molar-refractivity contribution in [1.82, 2.24) is 20.7 Å². The minimum Gasteiger partial charge on any atom is -0.378 e. The first kappa shape index (κ1) is 13.0. The number of H-pyrrole nitrogens is 1. The molecule has 2 rings (SSSR count). The smallest absolute Gasteiger partial charge is 0.273 e. The fourth-order valence-corrected chi connectivity index (χ4v) is 2.15. The molecule has 1 aliphatic rings. The van der Waals surface area contributed by atoms with E-state index in [1.54, 1.807) is 6.92 Å². The topological polar surface area (TPSA) is 79.9 Å². The van der Waals surface area contributed by atoms with Crippen LogP contribution >= 0.6 is 0 Å². The summed E-state index contributed by atoms with van der Waals surface area (Å²) in [6, 6.07) is 0. The lowest BCUT2D eigenvalue weighted by atomic mass is 10.1. The largest absolute Gasteiger partial charge is 0.378 e. The van der Waals surface area contributed by atoms with E-state index >= 15 is 0 Å². The van der Waals surface area contributed by atoms with Crippen molar-refractivity contribution in [2.24, 2.45) is 0 Å². The van der Waals surface area contributed by atoms with E-state index in [4.69, 9.17) is 4.74 Å². The molecule has 1 aromatic rings. The molecular weight excluding hydrogens is 232 g/mol. The van der Waals surface area contributed by atoms with E-state index in [0.29, 0.717) is 24.0 Å². The summed E-state index contributed by atoms with van der Waals surface area (Å²) in [5, 5.41) is 12.9. The Kier molecular flexibility index (Phi) is 4.69. The molecule has 0 aliphatic carbocycles. The number of hydrogen-bond donors (Lipinski definition) is 2. The molecule has 1 aromatic heterocycles. The van der Waals surface area contributed by atoms with Gasteiger partial charge >= 0.3 is 0 Å². The molecule has 1 saturated heterocycles. The van der Waals surface area contributed by atoms with Crippen LogP contribution in [0.2, 0.25) is 0 Å². The maximum Gasteiger partial charge on any atom is 0.273 e. The number of aryl methyl sites for hydroxylation is 1. The predicted molar refractivity (Wildman–Crippen MR) is 66.3 cm³/mol.